The molecule has 1 amide bonds. The van der Waals surface area contributed by atoms with Crippen molar-refractivity contribution in [3.63, 3.8) is 0 Å². The first-order valence-electron chi connectivity index (χ1n) is 4.02. The summed E-state index contributed by atoms with van der Waals surface area (Å²) in [5.74, 6) is 0. The molecule has 2 heterocycles. The SMILES string of the molecule is O=C(N1CCCC1)n1cncn1. The average molecular weight is 166 g/mol. The molecule has 1 aromatic rings. The van der Waals surface area contributed by atoms with E-state index in [9.17, 15) is 4.79 Å². The molecule has 1 aromatic heterocycles. The summed E-state index contributed by atoms with van der Waals surface area (Å²) in [6, 6.07) is -0.0648. The van der Waals surface area contributed by atoms with E-state index in [1.807, 2.05) is 0 Å². The molecule has 0 spiro atoms. The molecule has 5 nitrogen and oxygen atoms in total. The van der Waals surface area contributed by atoms with Crippen molar-refractivity contribution in [1.82, 2.24) is 19.7 Å². The van der Waals surface area contributed by atoms with Gasteiger partial charge in [0.25, 0.3) is 0 Å². The third-order valence-corrected chi connectivity index (χ3v) is 1.99. The molecule has 0 N–H and O–H groups in total. The Morgan fingerprint density at radius 3 is 2.67 bits per heavy atom. The fraction of sp³-hybridized carbons (Fsp3) is 0.571. The molecule has 0 atom stereocenters. The number of likely N-dealkylation sites (tertiary alicyclic amines) is 1. The minimum atomic E-state index is -0.0648. The zero-order valence-electron chi connectivity index (χ0n) is 6.68. The maximum Gasteiger partial charge on any atom is 0.346 e. The van der Waals surface area contributed by atoms with Gasteiger partial charge in [0.1, 0.15) is 12.7 Å². The van der Waals surface area contributed by atoms with E-state index >= 15 is 0 Å². The van der Waals surface area contributed by atoms with Gasteiger partial charge >= 0.3 is 6.03 Å². The van der Waals surface area contributed by atoms with Crippen LogP contribution in [0.5, 0.6) is 0 Å². The van der Waals surface area contributed by atoms with Crippen LogP contribution >= 0.6 is 0 Å². The summed E-state index contributed by atoms with van der Waals surface area (Å²) in [6.07, 6.45) is 5.00. The summed E-state index contributed by atoms with van der Waals surface area (Å²) in [5, 5.41) is 3.78. The van der Waals surface area contributed by atoms with Crippen molar-refractivity contribution < 1.29 is 4.79 Å². The van der Waals surface area contributed by atoms with E-state index in [-0.39, 0.29) is 6.03 Å². The Balaban J connectivity index is 2.09. The second-order valence-electron chi connectivity index (χ2n) is 2.82. The van der Waals surface area contributed by atoms with Crippen LogP contribution in [0.15, 0.2) is 12.7 Å². The van der Waals surface area contributed by atoms with Gasteiger partial charge in [0.05, 0.1) is 0 Å². The monoisotopic (exact) mass is 166 g/mol. The van der Waals surface area contributed by atoms with E-state index in [4.69, 9.17) is 0 Å². The number of carbonyl (C=O) groups is 1. The summed E-state index contributed by atoms with van der Waals surface area (Å²) in [7, 11) is 0. The third kappa shape index (κ3) is 1.17. The van der Waals surface area contributed by atoms with Gasteiger partial charge in [0.15, 0.2) is 0 Å². The van der Waals surface area contributed by atoms with Crippen molar-refractivity contribution in [3.8, 4) is 0 Å². The summed E-state index contributed by atoms with van der Waals surface area (Å²) in [4.78, 5) is 17.0. The molecule has 64 valence electrons. The van der Waals surface area contributed by atoms with Gasteiger partial charge in [-0.1, -0.05) is 0 Å². The Hall–Kier alpha value is -1.39. The van der Waals surface area contributed by atoms with Gasteiger partial charge in [0, 0.05) is 13.1 Å². The first-order chi connectivity index (χ1) is 5.88. The summed E-state index contributed by atoms with van der Waals surface area (Å²) < 4.78 is 1.27. The molecule has 12 heavy (non-hydrogen) atoms. The lowest BCUT2D eigenvalue weighted by atomic mass is 10.4. The zero-order chi connectivity index (χ0) is 8.39. The van der Waals surface area contributed by atoms with Gasteiger partial charge in [-0.2, -0.15) is 9.78 Å². The van der Waals surface area contributed by atoms with Crippen LogP contribution < -0.4 is 0 Å². The summed E-state index contributed by atoms with van der Waals surface area (Å²) >= 11 is 0. The second-order valence-corrected chi connectivity index (χ2v) is 2.82. The van der Waals surface area contributed by atoms with Crippen LogP contribution in [0.2, 0.25) is 0 Å². The standard InChI is InChI=1S/C7H10N4O/c12-7(10-3-1-2-4-10)11-6-8-5-9-11/h5-6H,1-4H2. The molecule has 5 heteroatoms. The highest BCUT2D eigenvalue weighted by atomic mass is 16.2. The number of carbonyl (C=O) groups excluding carboxylic acids is 1. The van der Waals surface area contributed by atoms with E-state index in [2.05, 4.69) is 10.1 Å². The molecule has 0 unspecified atom stereocenters. The van der Waals surface area contributed by atoms with Gasteiger partial charge in [-0.3, -0.25) is 0 Å². The second kappa shape index (κ2) is 2.92. The van der Waals surface area contributed by atoms with Crippen molar-refractivity contribution in [2.45, 2.75) is 12.8 Å². The quantitative estimate of drug-likeness (QED) is 0.558. The van der Waals surface area contributed by atoms with Crippen molar-refractivity contribution in [2.75, 3.05) is 13.1 Å². The predicted molar refractivity (Wildman–Crippen MR) is 41.6 cm³/mol. The number of aromatic nitrogens is 3. The maximum atomic E-state index is 11.5. The maximum absolute atomic E-state index is 11.5. The lowest BCUT2D eigenvalue weighted by molar-refractivity contribution is 0.207. The molecule has 0 bridgehead atoms. The van der Waals surface area contributed by atoms with Gasteiger partial charge in [-0.15, -0.1) is 0 Å². The smallest absolute Gasteiger partial charge is 0.323 e. The molecule has 1 fully saturated rings. The normalized spacial score (nSPS) is 16.8. The molecule has 1 saturated heterocycles. The molecular formula is C7H10N4O. The Bertz CT molecular complexity index is 263. The molecule has 0 aliphatic carbocycles. The topological polar surface area (TPSA) is 51.0 Å². The van der Waals surface area contributed by atoms with E-state index in [0.717, 1.165) is 25.9 Å². The summed E-state index contributed by atoms with van der Waals surface area (Å²) in [6.45, 7) is 1.69. The van der Waals surface area contributed by atoms with E-state index in [1.54, 1.807) is 4.90 Å². The minimum Gasteiger partial charge on any atom is -0.323 e. The van der Waals surface area contributed by atoms with Crippen molar-refractivity contribution in [1.29, 1.82) is 0 Å². The van der Waals surface area contributed by atoms with E-state index < -0.39 is 0 Å². The number of hydrogen-bond acceptors (Lipinski definition) is 3. The van der Waals surface area contributed by atoms with Gasteiger partial charge in [-0.25, -0.2) is 9.78 Å². The van der Waals surface area contributed by atoms with Gasteiger partial charge < -0.3 is 4.90 Å². The van der Waals surface area contributed by atoms with Crippen LogP contribution in [0.25, 0.3) is 0 Å². The largest absolute Gasteiger partial charge is 0.346 e. The lowest BCUT2D eigenvalue weighted by Crippen LogP contribution is -2.32. The summed E-state index contributed by atoms with van der Waals surface area (Å²) in [5.41, 5.74) is 0. The molecule has 0 saturated carbocycles. The first kappa shape index (κ1) is 7.27. The zero-order valence-corrected chi connectivity index (χ0v) is 6.68. The van der Waals surface area contributed by atoms with Crippen molar-refractivity contribution in [2.24, 2.45) is 0 Å². The Labute approximate surface area is 70.0 Å². The molecular weight excluding hydrogens is 156 g/mol. The number of amides is 1. The lowest BCUT2D eigenvalue weighted by Gasteiger charge is -2.13. The highest BCUT2D eigenvalue weighted by molar-refractivity contribution is 5.75. The molecule has 1 aliphatic rings. The predicted octanol–water partition coefficient (Wildman–Crippen LogP) is 0.342. The van der Waals surface area contributed by atoms with Crippen LogP contribution in [0.4, 0.5) is 4.79 Å². The number of hydrogen-bond donors (Lipinski definition) is 0. The Kier molecular flexibility index (Phi) is 1.77. The van der Waals surface area contributed by atoms with E-state index in [1.165, 1.54) is 17.3 Å². The molecule has 2 rings (SSSR count). The number of rotatable bonds is 0. The third-order valence-electron chi connectivity index (χ3n) is 1.99. The van der Waals surface area contributed by atoms with E-state index in [0.29, 0.717) is 0 Å². The van der Waals surface area contributed by atoms with Crippen LogP contribution in [0.3, 0.4) is 0 Å². The van der Waals surface area contributed by atoms with Crippen molar-refractivity contribution >= 4 is 6.03 Å². The highest BCUT2D eigenvalue weighted by Crippen LogP contribution is 2.08. The molecule has 0 radical (unpaired) electrons. The first-order valence-corrected chi connectivity index (χ1v) is 4.02. The average Bonchev–Trinajstić information content (AvgIpc) is 2.77. The van der Waals surface area contributed by atoms with Crippen LogP contribution in [-0.4, -0.2) is 38.8 Å². The highest BCUT2D eigenvalue weighted by Gasteiger charge is 2.19. The molecule has 1 aliphatic heterocycles. The van der Waals surface area contributed by atoms with Crippen LogP contribution in [0, 0.1) is 0 Å². The Morgan fingerprint density at radius 1 is 1.33 bits per heavy atom. The number of nitrogens with zero attached hydrogens (tertiary/aromatic N) is 4. The van der Waals surface area contributed by atoms with Gasteiger partial charge in [0.2, 0.25) is 0 Å². The van der Waals surface area contributed by atoms with Crippen molar-refractivity contribution in [3.05, 3.63) is 12.7 Å². The van der Waals surface area contributed by atoms with Crippen LogP contribution in [0.1, 0.15) is 12.8 Å². The fourth-order valence-corrected chi connectivity index (χ4v) is 1.36. The van der Waals surface area contributed by atoms with Gasteiger partial charge in [-0.05, 0) is 12.8 Å². The molecule has 0 aromatic carbocycles. The van der Waals surface area contributed by atoms with Crippen LogP contribution in [-0.2, 0) is 0 Å². The minimum absolute atomic E-state index is 0.0648. The fourth-order valence-electron chi connectivity index (χ4n) is 1.36. The Morgan fingerprint density at radius 2 is 2.08 bits per heavy atom.